The van der Waals surface area contributed by atoms with E-state index in [1.807, 2.05) is 6.20 Å². The molecule has 16 heavy (non-hydrogen) atoms. The van der Waals surface area contributed by atoms with Crippen molar-refractivity contribution < 1.29 is 4.74 Å². The van der Waals surface area contributed by atoms with E-state index in [0.29, 0.717) is 5.41 Å². The zero-order valence-corrected chi connectivity index (χ0v) is 11.5. The average molecular weight is 303 g/mol. The largest absolute Gasteiger partial charge is 0.381 e. The monoisotopic (exact) mass is 302 g/mol. The Morgan fingerprint density at radius 2 is 2.19 bits per heavy atom. The van der Waals surface area contributed by atoms with Gasteiger partial charge < -0.3 is 4.74 Å². The number of halogens is 1. The molecule has 2 rings (SSSR count). The third-order valence-electron chi connectivity index (χ3n) is 2.90. The van der Waals surface area contributed by atoms with Gasteiger partial charge >= 0.3 is 0 Å². The summed E-state index contributed by atoms with van der Waals surface area (Å²) in [6.07, 6.45) is 7.54. The first-order chi connectivity index (χ1) is 7.85. The first-order valence-corrected chi connectivity index (χ1v) is 7.48. The Morgan fingerprint density at radius 3 is 2.81 bits per heavy atom. The fourth-order valence-corrected chi connectivity index (χ4v) is 3.84. The molecule has 1 saturated heterocycles. The lowest BCUT2D eigenvalue weighted by Crippen LogP contribution is -2.33. The Hall–Kier alpha value is -0.130. The lowest BCUT2D eigenvalue weighted by Gasteiger charge is -2.35. The van der Waals surface area contributed by atoms with E-state index in [9.17, 15) is 0 Å². The predicted octanol–water partition coefficient (Wildman–Crippen LogP) is 2.76. The Bertz CT molecular complexity index is 317. The minimum Gasteiger partial charge on any atom is -0.381 e. The number of ether oxygens (including phenoxy) is 1. The SMILES string of the molecule is BrCC1(CSc2cnccn2)CCOCC1. The van der Waals surface area contributed by atoms with Gasteiger partial charge in [-0.15, -0.1) is 11.8 Å². The molecule has 3 nitrogen and oxygen atoms in total. The van der Waals surface area contributed by atoms with Gasteiger partial charge in [-0.05, 0) is 18.3 Å². The molecule has 0 N–H and O–H groups in total. The molecule has 0 spiro atoms. The minimum atomic E-state index is 0.362. The second-order valence-corrected chi connectivity index (χ2v) is 5.63. The number of hydrogen-bond acceptors (Lipinski definition) is 4. The molecule has 1 fully saturated rings. The van der Waals surface area contributed by atoms with Gasteiger partial charge in [0.05, 0.1) is 6.20 Å². The standard InChI is InChI=1S/C11H15BrN2OS/c12-8-11(1-5-15-6-2-11)9-16-10-7-13-3-4-14-10/h3-4,7H,1-2,5-6,8-9H2. The molecule has 1 aromatic rings. The van der Waals surface area contributed by atoms with Crippen molar-refractivity contribution in [2.75, 3.05) is 24.3 Å². The van der Waals surface area contributed by atoms with Crippen LogP contribution in [0.15, 0.2) is 23.6 Å². The fraction of sp³-hybridized carbons (Fsp3) is 0.636. The van der Waals surface area contributed by atoms with E-state index in [-0.39, 0.29) is 0 Å². The zero-order chi connectivity index (χ0) is 11.3. The van der Waals surface area contributed by atoms with Crippen molar-refractivity contribution in [1.29, 1.82) is 0 Å². The summed E-state index contributed by atoms with van der Waals surface area (Å²) in [5, 5.41) is 2.05. The molecule has 2 heterocycles. The summed E-state index contributed by atoms with van der Waals surface area (Å²) in [4.78, 5) is 8.36. The van der Waals surface area contributed by atoms with Crippen LogP contribution in [0.2, 0.25) is 0 Å². The van der Waals surface area contributed by atoms with Gasteiger partial charge in [-0.1, -0.05) is 15.9 Å². The molecule has 0 amide bonds. The lowest BCUT2D eigenvalue weighted by molar-refractivity contribution is 0.0374. The van der Waals surface area contributed by atoms with Crippen LogP contribution in [0.3, 0.4) is 0 Å². The van der Waals surface area contributed by atoms with Gasteiger partial charge in [0.15, 0.2) is 0 Å². The van der Waals surface area contributed by atoms with E-state index in [1.54, 1.807) is 24.2 Å². The highest BCUT2D eigenvalue weighted by atomic mass is 79.9. The second-order valence-electron chi connectivity index (χ2n) is 4.08. The summed E-state index contributed by atoms with van der Waals surface area (Å²) in [6, 6.07) is 0. The normalized spacial score (nSPS) is 19.6. The second kappa shape index (κ2) is 5.98. The van der Waals surface area contributed by atoms with Crippen molar-refractivity contribution in [3.05, 3.63) is 18.6 Å². The Morgan fingerprint density at radius 1 is 1.38 bits per heavy atom. The molecule has 1 aliphatic rings. The third-order valence-corrected chi connectivity index (χ3v) is 5.36. The van der Waals surface area contributed by atoms with E-state index >= 15 is 0 Å². The molecule has 0 saturated carbocycles. The van der Waals surface area contributed by atoms with Gasteiger partial charge in [0.25, 0.3) is 0 Å². The summed E-state index contributed by atoms with van der Waals surface area (Å²) < 4.78 is 5.42. The van der Waals surface area contributed by atoms with Gasteiger partial charge in [-0.3, -0.25) is 4.98 Å². The highest BCUT2D eigenvalue weighted by Crippen LogP contribution is 2.37. The molecule has 1 aromatic heterocycles. The van der Waals surface area contributed by atoms with E-state index < -0.39 is 0 Å². The van der Waals surface area contributed by atoms with Crippen LogP contribution in [0.4, 0.5) is 0 Å². The third kappa shape index (κ3) is 3.18. The molecule has 0 aromatic carbocycles. The summed E-state index contributed by atoms with van der Waals surface area (Å²) >= 11 is 5.43. The first kappa shape index (κ1) is 12.3. The molecule has 0 bridgehead atoms. The maximum atomic E-state index is 5.42. The number of hydrogen-bond donors (Lipinski definition) is 0. The van der Waals surface area contributed by atoms with Crippen LogP contribution < -0.4 is 0 Å². The van der Waals surface area contributed by atoms with Crippen LogP contribution in [0.1, 0.15) is 12.8 Å². The maximum absolute atomic E-state index is 5.42. The molecule has 88 valence electrons. The molecule has 0 aliphatic carbocycles. The quantitative estimate of drug-likeness (QED) is 0.633. The minimum absolute atomic E-state index is 0.362. The molecule has 0 radical (unpaired) electrons. The first-order valence-electron chi connectivity index (χ1n) is 5.37. The molecule has 0 atom stereocenters. The van der Waals surface area contributed by atoms with Crippen LogP contribution in [0.25, 0.3) is 0 Å². The number of aromatic nitrogens is 2. The van der Waals surface area contributed by atoms with E-state index in [2.05, 4.69) is 25.9 Å². The lowest BCUT2D eigenvalue weighted by atomic mass is 9.85. The van der Waals surface area contributed by atoms with Gasteiger partial charge in [-0.25, -0.2) is 4.98 Å². The molecular weight excluding hydrogens is 288 g/mol. The van der Waals surface area contributed by atoms with Gasteiger partial charge in [-0.2, -0.15) is 0 Å². The van der Waals surface area contributed by atoms with Crippen molar-refractivity contribution in [2.45, 2.75) is 17.9 Å². The Kier molecular flexibility index (Phi) is 4.61. The van der Waals surface area contributed by atoms with Crippen LogP contribution in [0, 0.1) is 5.41 Å². The van der Waals surface area contributed by atoms with Crippen LogP contribution in [0.5, 0.6) is 0 Å². The van der Waals surface area contributed by atoms with Gasteiger partial charge in [0, 0.05) is 36.7 Å². The van der Waals surface area contributed by atoms with Gasteiger partial charge in [0.2, 0.25) is 0 Å². The number of rotatable bonds is 4. The molecule has 0 unspecified atom stereocenters. The Labute approximate surface area is 109 Å². The predicted molar refractivity (Wildman–Crippen MR) is 69.0 cm³/mol. The molecule has 5 heteroatoms. The number of nitrogens with zero attached hydrogens (tertiary/aromatic N) is 2. The van der Waals surface area contributed by atoms with Crippen molar-refractivity contribution in [2.24, 2.45) is 5.41 Å². The smallest absolute Gasteiger partial charge is 0.114 e. The van der Waals surface area contributed by atoms with Crippen molar-refractivity contribution in [3.63, 3.8) is 0 Å². The summed E-state index contributed by atoms with van der Waals surface area (Å²) in [5.74, 6) is 1.08. The number of alkyl halides is 1. The van der Waals surface area contributed by atoms with Crippen LogP contribution >= 0.6 is 27.7 Å². The van der Waals surface area contributed by atoms with E-state index in [4.69, 9.17) is 4.74 Å². The van der Waals surface area contributed by atoms with E-state index in [1.165, 1.54) is 0 Å². The fourth-order valence-electron chi connectivity index (χ4n) is 1.71. The Balaban J connectivity index is 1.92. The zero-order valence-electron chi connectivity index (χ0n) is 9.06. The van der Waals surface area contributed by atoms with Crippen molar-refractivity contribution in [3.8, 4) is 0 Å². The highest BCUT2D eigenvalue weighted by Gasteiger charge is 2.31. The summed E-state index contributed by atoms with van der Waals surface area (Å²) in [6.45, 7) is 1.76. The topological polar surface area (TPSA) is 35.0 Å². The van der Waals surface area contributed by atoms with Crippen LogP contribution in [-0.4, -0.2) is 34.3 Å². The summed E-state index contributed by atoms with van der Waals surface area (Å²) in [7, 11) is 0. The van der Waals surface area contributed by atoms with E-state index in [0.717, 1.165) is 42.2 Å². The summed E-state index contributed by atoms with van der Waals surface area (Å²) in [5.41, 5.74) is 0.362. The average Bonchev–Trinajstić information content (AvgIpc) is 2.39. The van der Waals surface area contributed by atoms with Crippen molar-refractivity contribution >= 4 is 27.7 Å². The molecular formula is C11H15BrN2OS. The molecule has 1 aliphatic heterocycles. The number of thioether (sulfide) groups is 1. The highest BCUT2D eigenvalue weighted by molar-refractivity contribution is 9.09. The van der Waals surface area contributed by atoms with Crippen LogP contribution in [-0.2, 0) is 4.74 Å². The van der Waals surface area contributed by atoms with Crippen molar-refractivity contribution in [1.82, 2.24) is 9.97 Å². The van der Waals surface area contributed by atoms with Gasteiger partial charge in [0.1, 0.15) is 5.03 Å². The maximum Gasteiger partial charge on any atom is 0.114 e.